The van der Waals surface area contributed by atoms with Gasteiger partial charge in [-0.25, -0.2) is 4.39 Å². The van der Waals surface area contributed by atoms with Crippen molar-refractivity contribution in [3.8, 4) is 0 Å². The summed E-state index contributed by atoms with van der Waals surface area (Å²) in [4.78, 5) is 17.2. The van der Waals surface area contributed by atoms with Gasteiger partial charge in [-0.15, -0.1) is 0 Å². The number of carbonyl (C=O) groups is 1. The van der Waals surface area contributed by atoms with E-state index in [0.717, 1.165) is 11.3 Å². The van der Waals surface area contributed by atoms with Gasteiger partial charge in [0.05, 0.1) is 28.2 Å². The molecule has 0 radical (unpaired) electrons. The van der Waals surface area contributed by atoms with Crippen molar-refractivity contribution in [2.45, 2.75) is 37.6 Å². The molecule has 1 aromatic heterocycles. The maximum absolute atomic E-state index is 14.3. The first-order chi connectivity index (χ1) is 12.4. The number of aromatic nitrogens is 1. The first-order valence-electron chi connectivity index (χ1n) is 8.42. The van der Waals surface area contributed by atoms with Crippen LogP contribution in [0.15, 0.2) is 36.5 Å². The number of rotatable bonds is 3. The monoisotopic (exact) mass is 394 g/mol. The number of nitrogens with zero attached hydrogens (tertiary/aromatic N) is 1. The summed E-state index contributed by atoms with van der Waals surface area (Å²) in [5.41, 5.74) is 2.23. The second-order valence-electron chi connectivity index (χ2n) is 6.79. The molecule has 5 atom stereocenters. The standard InChI is InChI=1S/C19H17Cl2FN2O2/c1-9-2-3-10(8-23-9)16-17(15-7-14(22)18(16)26-15)19(25)24-11-4-5-12(20)13(21)6-11/h2-6,8,14-18H,7H2,1H3,(H,24,25)/t14-,15+,16+,17-,18-/m0/s1. The van der Waals surface area contributed by atoms with Gasteiger partial charge in [-0.2, -0.15) is 0 Å². The summed E-state index contributed by atoms with van der Waals surface area (Å²) in [7, 11) is 0. The summed E-state index contributed by atoms with van der Waals surface area (Å²) in [6.07, 6.45) is -0.186. The fraction of sp³-hybridized carbons (Fsp3) is 0.368. The molecule has 0 aliphatic carbocycles. The average Bonchev–Trinajstić information content (AvgIpc) is 3.16. The molecule has 0 unspecified atom stereocenters. The van der Waals surface area contributed by atoms with Gasteiger partial charge in [0.25, 0.3) is 0 Å². The van der Waals surface area contributed by atoms with Crippen LogP contribution in [0.5, 0.6) is 0 Å². The van der Waals surface area contributed by atoms with Crippen molar-refractivity contribution in [1.82, 2.24) is 4.98 Å². The summed E-state index contributed by atoms with van der Waals surface area (Å²) >= 11 is 11.9. The lowest BCUT2D eigenvalue weighted by molar-refractivity contribution is -0.121. The average molecular weight is 395 g/mol. The van der Waals surface area contributed by atoms with Gasteiger partial charge in [0, 0.05) is 29.9 Å². The predicted octanol–water partition coefficient (Wildman–Crippen LogP) is 4.54. The van der Waals surface area contributed by atoms with Crippen LogP contribution in [0, 0.1) is 12.8 Å². The van der Waals surface area contributed by atoms with Crippen LogP contribution in [0.2, 0.25) is 10.0 Å². The normalized spacial score (nSPS) is 29.8. The van der Waals surface area contributed by atoms with E-state index in [1.807, 2.05) is 19.1 Å². The van der Waals surface area contributed by atoms with Gasteiger partial charge >= 0.3 is 0 Å². The number of hydrogen-bond acceptors (Lipinski definition) is 3. The molecule has 26 heavy (non-hydrogen) atoms. The lowest BCUT2D eigenvalue weighted by Crippen LogP contribution is -2.39. The maximum atomic E-state index is 14.3. The van der Waals surface area contributed by atoms with Crippen molar-refractivity contribution in [3.05, 3.63) is 57.8 Å². The molecular weight excluding hydrogens is 378 g/mol. The Morgan fingerprint density at radius 3 is 2.77 bits per heavy atom. The van der Waals surface area contributed by atoms with Crippen molar-refractivity contribution >= 4 is 34.8 Å². The predicted molar refractivity (Wildman–Crippen MR) is 98.5 cm³/mol. The van der Waals surface area contributed by atoms with Crippen LogP contribution in [0.1, 0.15) is 23.6 Å². The number of halogens is 3. The van der Waals surface area contributed by atoms with Crippen LogP contribution in [0.4, 0.5) is 10.1 Å². The zero-order valence-corrected chi connectivity index (χ0v) is 15.5. The van der Waals surface area contributed by atoms with E-state index in [1.54, 1.807) is 24.4 Å². The van der Waals surface area contributed by atoms with E-state index < -0.39 is 24.3 Å². The van der Waals surface area contributed by atoms with Crippen molar-refractivity contribution < 1.29 is 13.9 Å². The first-order valence-corrected chi connectivity index (χ1v) is 9.17. The van der Waals surface area contributed by atoms with Gasteiger partial charge in [-0.05, 0) is 36.8 Å². The van der Waals surface area contributed by atoms with E-state index >= 15 is 0 Å². The first kappa shape index (κ1) is 17.7. The molecule has 7 heteroatoms. The van der Waals surface area contributed by atoms with Crippen molar-refractivity contribution in [2.24, 2.45) is 5.92 Å². The van der Waals surface area contributed by atoms with Crippen molar-refractivity contribution in [1.29, 1.82) is 0 Å². The molecule has 1 aromatic carbocycles. The zero-order chi connectivity index (χ0) is 18.4. The molecule has 2 aliphatic rings. The minimum Gasteiger partial charge on any atom is -0.370 e. The Morgan fingerprint density at radius 1 is 1.27 bits per heavy atom. The molecule has 0 spiro atoms. The Labute approximate surface area is 160 Å². The summed E-state index contributed by atoms with van der Waals surface area (Å²) in [6, 6.07) is 8.65. The van der Waals surface area contributed by atoms with E-state index in [0.29, 0.717) is 15.7 Å². The molecule has 1 amide bonds. The van der Waals surface area contributed by atoms with E-state index in [4.69, 9.17) is 27.9 Å². The lowest BCUT2D eigenvalue weighted by atomic mass is 9.74. The van der Waals surface area contributed by atoms with Gasteiger partial charge in [0.1, 0.15) is 6.17 Å². The summed E-state index contributed by atoms with van der Waals surface area (Å²) < 4.78 is 20.1. The summed E-state index contributed by atoms with van der Waals surface area (Å²) in [6.45, 7) is 1.88. The molecule has 2 bridgehead atoms. The number of ether oxygens (including phenoxy) is 1. The van der Waals surface area contributed by atoms with Gasteiger partial charge in [-0.1, -0.05) is 29.3 Å². The number of nitrogens with one attached hydrogen (secondary N) is 1. The van der Waals surface area contributed by atoms with E-state index in [2.05, 4.69) is 10.3 Å². The number of amides is 1. The van der Waals surface area contributed by atoms with E-state index in [1.165, 1.54) is 0 Å². The van der Waals surface area contributed by atoms with Crippen molar-refractivity contribution in [3.63, 3.8) is 0 Å². The summed E-state index contributed by atoms with van der Waals surface area (Å²) in [5.74, 6) is -1.06. The van der Waals surface area contributed by atoms with Gasteiger partial charge in [0.15, 0.2) is 0 Å². The fourth-order valence-electron chi connectivity index (χ4n) is 3.88. The number of benzene rings is 1. The molecular formula is C19H17Cl2FN2O2. The van der Waals surface area contributed by atoms with Crippen LogP contribution in [0.3, 0.4) is 0 Å². The minimum atomic E-state index is -1.07. The molecule has 2 aliphatic heterocycles. The Bertz CT molecular complexity index is 846. The molecule has 2 saturated heterocycles. The molecule has 136 valence electrons. The number of fused-ring (bicyclic) bond motifs is 2. The van der Waals surface area contributed by atoms with Crippen LogP contribution in [-0.2, 0) is 9.53 Å². The van der Waals surface area contributed by atoms with Crippen molar-refractivity contribution in [2.75, 3.05) is 5.32 Å². The second kappa shape index (κ2) is 6.80. The highest BCUT2D eigenvalue weighted by atomic mass is 35.5. The molecule has 3 heterocycles. The fourth-order valence-corrected chi connectivity index (χ4v) is 4.18. The van der Waals surface area contributed by atoms with Gasteiger partial charge in [0.2, 0.25) is 5.91 Å². The summed E-state index contributed by atoms with van der Waals surface area (Å²) in [5, 5.41) is 3.63. The van der Waals surface area contributed by atoms with Gasteiger partial charge < -0.3 is 10.1 Å². The van der Waals surface area contributed by atoms with Crippen LogP contribution < -0.4 is 5.32 Å². The Balaban J connectivity index is 1.61. The zero-order valence-electron chi connectivity index (χ0n) is 14.0. The Morgan fingerprint density at radius 2 is 2.08 bits per heavy atom. The maximum Gasteiger partial charge on any atom is 0.230 e. The highest BCUT2D eigenvalue weighted by Gasteiger charge is 2.57. The highest BCUT2D eigenvalue weighted by molar-refractivity contribution is 6.42. The molecule has 2 fully saturated rings. The molecule has 4 rings (SSSR count). The highest BCUT2D eigenvalue weighted by Crippen LogP contribution is 2.50. The lowest BCUT2D eigenvalue weighted by Gasteiger charge is -2.29. The van der Waals surface area contributed by atoms with Crippen LogP contribution in [0.25, 0.3) is 0 Å². The van der Waals surface area contributed by atoms with Crippen LogP contribution in [-0.4, -0.2) is 29.3 Å². The Hall–Kier alpha value is -1.69. The number of carbonyl (C=O) groups excluding carboxylic acids is 1. The third kappa shape index (κ3) is 3.08. The number of aryl methyl sites for hydroxylation is 1. The van der Waals surface area contributed by atoms with Gasteiger partial charge in [-0.3, -0.25) is 9.78 Å². The SMILES string of the molecule is Cc1ccc([C@H]2[C@H]3O[C@H](C[C@@H]3F)[C@@H]2C(=O)Nc2ccc(Cl)c(Cl)c2)cn1. The minimum absolute atomic E-state index is 0.214. The quantitative estimate of drug-likeness (QED) is 0.830. The largest absolute Gasteiger partial charge is 0.370 e. The number of hydrogen-bond donors (Lipinski definition) is 1. The smallest absolute Gasteiger partial charge is 0.230 e. The molecule has 0 saturated carbocycles. The number of anilines is 1. The number of pyridine rings is 1. The van der Waals surface area contributed by atoms with Crippen LogP contribution >= 0.6 is 23.2 Å². The second-order valence-corrected chi connectivity index (χ2v) is 7.61. The molecule has 1 N–H and O–H groups in total. The third-order valence-corrected chi connectivity index (χ3v) is 5.84. The van der Waals surface area contributed by atoms with E-state index in [-0.39, 0.29) is 18.2 Å². The number of alkyl halides is 1. The topological polar surface area (TPSA) is 51.2 Å². The third-order valence-electron chi connectivity index (χ3n) is 5.10. The molecule has 4 nitrogen and oxygen atoms in total. The van der Waals surface area contributed by atoms with E-state index in [9.17, 15) is 9.18 Å². The Kier molecular flexibility index (Phi) is 4.63. The molecule has 2 aromatic rings.